The Kier molecular flexibility index (Phi) is 5.19. The quantitative estimate of drug-likeness (QED) is 0.810. The molecule has 4 heterocycles. The molecule has 0 bridgehead atoms. The van der Waals surface area contributed by atoms with Gasteiger partial charge in [0.05, 0.1) is 5.56 Å². The number of aromatic nitrogens is 3. The van der Waals surface area contributed by atoms with Crippen molar-refractivity contribution in [1.82, 2.24) is 19.9 Å². The maximum Gasteiger partial charge on any atom is 0.255 e. The first-order valence-corrected chi connectivity index (χ1v) is 9.97. The zero-order valence-corrected chi connectivity index (χ0v) is 15.3. The lowest BCUT2D eigenvalue weighted by Gasteiger charge is -2.34. The summed E-state index contributed by atoms with van der Waals surface area (Å²) < 4.78 is 5.84. The maximum atomic E-state index is 12.7. The Bertz CT molecular complexity index is 729. The molecule has 26 heavy (non-hydrogen) atoms. The van der Waals surface area contributed by atoms with Gasteiger partial charge < -0.3 is 14.5 Å². The van der Waals surface area contributed by atoms with Crippen molar-refractivity contribution in [2.24, 2.45) is 0 Å². The highest BCUT2D eigenvalue weighted by Crippen LogP contribution is 2.22. The molecule has 2 aliphatic heterocycles. The number of hydrogen-bond donors (Lipinski definition) is 0. The first kappa shape index (κ1) is 17.1. The molecule has 0 radical (unpaired) electrons. The largest absolute Gasteiger partial charge is 0.473 e. The van der Waals surface area contributed by atoms with Crippen LogP contribution in [0.5, 0.6) is 5.88 Å². The van der Waals surface area contributed by atoms with Crippen LogP contribution in [0.3, 0.4) is 0 Å². The predicted octanol–water partition coefficient (Wildman–Crippen LogP) is 1.72. The Morgan fingerprint density at radius 2 is 1.92 bits per heavy atom. The van der Waals surface area contributed by atoms with Crippen molar-refractivity contribution in [3.63, 3.8) is 0 Å². The van der Waals surface area contributed by atoms with Gasteiger partial charge in [0.1, 0.15) is 6.10 Å². The van der Waals surface area contributed by atoms with Gasteiger partial charge in [-0.05, 0) is 24.3 Å². The molecule has 7 nitrogen and oxygen atoms in total. The Labute approximate surface area is 156 Å². The van der Waals surface area contributed by atoms with E-state index in [2.05, 4.69) is 19.9 Å². The number of rotatable bonds is 4. The summed E-state index contributed by atoms with van der Waals surface area (Å²) in [5.74, 6) is 3.47. The van der Waals surface area contributed by atoms with Gasteiger partial charge in [0.15, 0.2) is 0 Å². The number of carbonyl (C=O) groups excluding carboxylic acids is 1. The molecule has 2 saturated heterocycles. The minimum absolute atomic E-state index is 0.00843. The molecule has 4 rings (SSSR count). The SMILES string of the molecule is O=C(c1ccc(O[C@H]2CCSC2)nc1)N1CCN(c2ncccn2)CC1. The summed E-state index contributed by atoms with van der Waals surface area (Å²) in [4.78, 5) is 29.5. The smallest absolute Gasteiger partial charge is 0.255 e. The Balaban J connectivity index is 1.33. The highest BCUT2D eigenvalue weighted by atomic mass is 32.2. The van der Waals surface area contributed by atoms with E-state index >= 15 is 0 Å². The van der Waals surface area contributed by atoms with Crippen LogP contribution in [-0.4, -0.2) is 69.5 Å². The van der Waals surface area contributed by atoms with Crippen molar-refractivity contribution in [2.75, 3.05) is 42.6 Å². The normalized spacial score (nSPS) is 20.2. The van der Waals surface area contributed by atoms with Crippen molar-refractivity contribution < 1.29 is 9.53 Å². The predicted molar refractivity (Wildman–Crippen MR) is 101 cm³/mol. The second-order valence-electron chi connectivity index (χ2n) is 6.32. The van der Waals surface area contributed by atoms with E-state index in [0.29, 0.717) is 30.5 Å². The molecular weight excluding hydrogens is 350 g/mol. The summed E-state index contributed by atoms with van der Waals surface area (Å²) in [7, 11) is 0. The first-order chi connectivity index (χ1) is 12.8. The van der Waals surface area contributed by atoms with E-state index in [9.17, 15) is 4.79 Å². The van der Waals surface area contributed by atoms with Crippen LogP contribution in [0.25, 0.3) is 0 Å². The Morgan fingerprint density at radius 1 is 1.12 bits per heavy atom. The fourth-order valence-corrected chi connectivity index (χ4v) is 4.19. The summed E-state index contributed by atoms with van der Waals surface area (Å²) in [6.07, 6.45) is 6.38. The first-order valence-electron chi connectivity index (χ1n) is 8.81. The number of carbonyl (C=O) groups is 1. The average Bonchev–Trinajstić information content (AvgIpc) is 3.22. The topological polar surface area (TPSA) is 71.5 Å². The van der Waals surface area contributed by atoms with Crippen molar-refractivity contribution in [2.45, 2.75) is 12.5 Å². The highest BCUT2D eigenvalue weighted by molar-refractivity contribution is 7.99. The second-order valence-corrected chi connectivity index (χ2v) is 7.47. The number of thioether (sulfide) groups is 1. The van der Waals surface area contributed by atoms with E-state index in [4.69, 9.17) is 4.74 Å². The molecule has 2 aliphatic rings. The number of nitrogens with zero attached hydrogens (tertiary/aromatic N) is 5. The van der Waals surface area contributed by atoms with Gasteiger partial charge in [-0.3, -0.25) is 4.79 Å². The molecular formula is C18H21N5O2S. The van der Waals surface area contributed by atoms with E-state index in [1.165, 1.54) is 0 Å². The number of ether oxygens (including phenoxy) is 1. The number of pyridine rings is 1. The van der Waals surface area contributed by atoms with Crippen LogP contribution < -0.4 is 9.64 Å². The van der Waals surface area contributed by atoms with E-state index < -0.39 is 0 Å². The van der Waals surface area contributed by atoms with Crippen LogP contribution in [0.1, 0.15) is 16.8 Å². The highest BCUT2D eigenvalue weighted by Gasteiger charge is 2.24. The minimum Gasteiger partial charge on any atom is -0.473 e. The maximum absolute atomic E-state index is 12.7. The molecule has 0 aromatic carbocycles. The molecule has 136 valence electrons. The fraction of sp³-hybridized carbons (Fsp3) is 0.444. The zero-order chi connectivity index (χ0) is 17.8. The van der Waals surface area contributed by atoms with Gasteiger partial charge in [0.25, 0.3) is 5.91 Å². The van der Waals surface area contributed by atoms with Crippen LogP contribution in [0, 0.1) is 0 Å². The fourth-order valence-electron chi connectivity index (χ4n) is 3.10. The lowest BCUT2D eigenvalue weighted by atomic mass is 10.2. The Morgan fingerprint density at radius 3 is 2.58 bits per heavy atom. The molecule has 0 saturated carbocycles. The van der Waals surface area contributed by atoms with Crippen LogP contribution in [0.4, 0.5) is 5.95 Å². The van der Waals surface area contributed by atoms with Gasteiger partial charge in [-0.25, -0.2) is 15.0 Å². The summed E-state index contributed by atoms with van der Waals surface area (Å²) in [6, 6.07) is 5.40. The molecule has 2 aromatic rings. The monoisotopic (exact) mass is 371 g/mol. The second kappa shape index (κ2) is 7.90. The summed E-state index contributed by atoms with van der Waals surface area (Å²) in [5, 5.41) is 0. The molecule has 1 amide bonds. The molecule has 2 fully saturated rings. The molecule has 2 aromatic heterocycles. The number of hydrogen-bond acceptors (Lipinski definition) is 7. The molecule has 0 spiro atoms. The Hall–Kier alpha value is -2.35. The third kappa shape index (κ3) is 3.90. The summed E-state index contributed by atoms with van der Waals surface area (Å²) in [5.41, 5.74) is 0.600. The summed E-state index contributed by atoms with van der Waals surface area (Å²) >= 11 is 1.90. The van der Waals surface area contributed by atoms with Gasteiger partial charge in [0.2, 0.25) is 11.8 Å². The van der Waals surface area contributed by atoms with Gasteiger partial charge in [-0.2, -0.15) is 11.8 Å². The molecule has 8 heteroatoms. The van der Waals surface area contributed by atoms with Crippen molar-refractivity contribution in [1.29, 1.82) is 0 Å². The van der Waals surface area contributed by atoms with E-state index in [-0.39, 0.29) is 12.0 Å². The van der Waals surface area contributed by atoms with Crippen LogP contribution in [-0.2, 0) is 0 Å². The van der Waals surface area contributed by atoms with Gasteiger partial charge in [-0.15, -0.1) is 0 Å². The number of amides is 1. The number of anilines is 1. The number of piperazine rings is 1. The lowest BCUT2D eigenvalue weighted by molar-refractivity contribution is 0.0745. The zero-order valence-electron chi connectivity index (χ0n) is 14.5. The van der Waals surface area contributed by atoms with E-state index in [1.54, 1.807) is 36.8 Å². The average molecular weight is 371 g/mol. The van der Waals surface area contributed by atoms with Crippen LogP contribution in [0.2, 0.25) is 0 Å². The van der Waals surface area contributed by atoms with E-state index in [1.807, 2.05) is 16.7 Å². The van der Waals surface area contributed by atoms with Crippen LogP contribution >= 0.6 is 11.8 Å². The van der Waals surface area contributed by atoms with Gasteiger partial charge in [-0.1, -0.05) is 0 Å². The summed E-state index contributed by atoms with van der Waals surface area (Å²) in [6.45, 7) is 2.75. The molecule has 0 N–H and O–H groups in total. The van der Waals surface area contributed by atoms with E-state index in [0.717, 1.165) is 31.0 Å². The third-order valence-electron chi connectivity index (χ3n) is 4.56. The van der Waals surface area contributed by atoms with Gasteiger partial charge in [0, 0.05) is 56.6 Å². The van der Waals surface area contributed by atoms with Crippen LogP contribution in [0.15, 0.2) is 36.8 Å². The minimum atomic E-state index is 0.00843. The standard InChI is InChI=1S/C18H21N5O2S/c24-17(14-2-3-16(21-12-14)25-15-4-11-26-13-15)22-7-9-23(10-8-22)18-19-5-1-6-20-18/h1-3,5-6,12,15H,4,7-11,13H2/t15-/m0/s1. The molecule has 0 unspecified atom stereocenters. The third-order valence-corrected chi connectivity index (χ3v) is 5.69. The lowest BCUT2D eigenvalue weighted by Crippen LogP contribution is -2.49. The molecule has 0 aliphatic carbocycles. The van der Waals surface area contributed by atoms with Gasteiger partial charge >= 0.3 is 0 Å². The molecule has 1 atom stereocenters. The van der Waals surface area contributed by atoms with Crippen molar-refractivity contribution in [3.8, 4) is 5.88 Å². The van der Waals surface area contributed by atoms with Crippen molar-refractivity contribution in [3.05, 3.63) is 42.4 Å². The van der Waals surface area contributed by atoms with Crippen molar-refractivity contribution >= 4 is 23.6 Å².